The van der Waals surface area contributed by atoms with Crippen molar-refractivity contribution in [3.63, 3.8) is 0 Å². The van der Waals surface area contributed by atoms with Crippen molar-refractivity contribution in [3.05, 3.63) is 58.1 Å². The van der Waals surface area contributed by atoms with Gasteiger partial charge in [0.2, 0.25) is 0 Å². The summed E-state index contributed by atoms with van der Waals surface area (Å²) >= 11 is 3.31. The summed E-state index contributed by atoms with van der Waals surface area (Å²) in [6, 6.07) is 7.68. The fourth-order valence-corrected chi connectivity index (χ4v) is 3.54. The zero-order chi connectivity index (χ0) is 16.5. The molecule has 0 heterocycles. The van der Waals surface area contributed by atoms with Crippen molar-refractivity contribution < 1.29 is 17.2 Å². The van der Waals surface area contributed by atoms with E-state index in [1.165, 1.54) is 0 Å². The van der Waals surface area contributed by atoms with Gasteiger partial charge in [0.15, 0.2) is 11.6 Å². The van der Waals surface area contributed by atoms with E-state index in [0.717, 1.165) is 17.7 Å². The van der Waals surface area contributed by atoms with Crippen molar-refractivity contribution >= 4 is 31.6 Å². The van der Waals surface area contributed by atoms with E-state index in [4.69, 9.17) is 0 Å². The molecule has 3 nitrogen and oxygen atoms in total. The third-order valence-corrected chi connectivity index (χ3v) is 5.12. The predicted octanol–water partition coefficient (Wildman–Crippen LogP) is 4.65. The smallest absolute Gasteiger partial charge is 0.262 e. The lowest BCUT2D eigenvalue weighted by molar-refractivity contribution is 0.504. The quantitative estimate of drug-likeness (QED) is 0.826. The van der Waals surface area contributed by atoms with Crippen LogP contribution in [0.4, 0.5) is 14.5 Å². The van der Waals surface area contributed by atoms with Gasteiger partial charge in [-0.15, -0.1) is 0 Å². The monoisotopic (exact) mass is 389 g/mol. The second-order valence-electron chi connectivity index (χ2n) is 5.08. The zero-order valence-electron chi connectivity index (χ0n) is 11.9. The van der Waals surface area contributed by atoms with Gasteiger partial charge in [0.25, 0.3) is 10.0 Å². The molecule has 2 aromatic carbocycles. The zero-order valence-corrected chi connectivity index (χ0v) is 14.3. The second kappa shape index (κ2) is 6.34. The molecule has 0 saturated heterocycles. The van der Waals surface area contributed by atoms with E-state index < -0.39 is 21.7 Å². The van der Waals surface area contributed by atoms with Crippen LogP contribution in [0.15, 0.2) is 45.8 Å². The Bertz CT molecular complexity index is 807. The highest BCUT2D eigenvalue weighted by Gasteiger charge is 2.18. The molecule has 22 heavy (non-hydrogen) atoms. The number of sulfonamides is 1. The first-order chi connectivity index (χ1) is 10.2. The fraction of sp³-hybridized carbons (Fsp3) is 0.200. The van der Waals surface area contributed by atoms with E-state index >= 15 is 0 Å². The van der Waals surface area contributed by atoms with Gasteiger partial charge in [-0.25, -0.2) is 17.2 Å². The van der Waals surface area contributed by atoms with Crippen molar-refractivity contribution in [2.45, 2.75) is 24.7 Å². The highest BCUT2D eigenvalue weighted by molar-refractivity contribution is 9.10. The van der Waals surface area contributed by atoms with Crippen molar-refractivity contribution in [2.75, 3.05) is 4.72 Å². The third kappa shape index (κ3) is 3.64. The lowest BCUT2D eigenvalue weighted by Crippen LogP contribution is -2.14. The number of rotatable bonds is 4. The molecule has 2 rings (SSSR count). The first-order valence-electron chi connectivity index (χ1n) is 6.48. The lowest BCUT2D eigenvalue weighted by Gasteiger charge is -2.12. The second-order valence-corrected chi connectivity index (χ2v) is 7.61. The molecule has 0 saturated carbocycles. The molecule has 0 unspecified atom stereocenters. The van der Waals surface area contributed by atoms with E-state index in [1.807, 2.05) is 19.9 Å². The number of nitrogens with one attached hydrogen (secondary N) is 1. The van der Waals surface area contributed by atoms with Crippen molar-refractivity contribution in [1.82, 2.24) is 0 Å². The third-order valence-electron chi connectivity index (χ3n) is 3.11. The van der Waals surface area contributed by atoms with Gasteiger partial charge in [-0.05, 0) is 57.7 Å². The van der Waals surface area contributed by atoms with Crippen molar-refractivity contribution in [2.24, 2.45) is 0 Å². The fourth-order valence-electron chi connectivity index (χ4n) is 1.82. The van der Waals surface area contributed by atoms with Crippen molar-refractivity contribution in [1.29, 1.82) is 0 Å². The number of benzene rings is 2. The van der Waals surface area contributed by atoms with Crippen LogP contribution in [0.5, 0.6) is 0 Å². The number of anilines is 1. The SMILES string of the molecule is CC(C)c1ccc(NS(=O)(=O)c2ccc(F)c(F)c2)c(Br)c1. The maximum atomic E-state index is 13.2. The Hall–Kier alpha value is -1.47. The van der Waals surface area contributed by atoms with Crippen LogP contribution in [0.3, 0.4) is 0 Å². The summed E-state index contributed by atoms with van der Waals surface area (Å²) < 4.78 is 53.4. The number of hydrogen-bond acceptors (Lipinski definition) is 2. The maximum Gasteiger partial charge on any atom is 0.262 e. The molecule has 0 amide bonds. The Morgan fingerprint density at radius 3 is 2.27 bits per heavy atom. The molecular formula is C15H14BrF2NO2S. The van der Waals surface area contributed by atoms with Crippen molar-refractivity contribution in [3.8, 4) is 0 Å². The molecule has 2 aromatic rings. The van der Waals surface area contributed by atoms with E-state index in [1.54, 1.807) is 12.1 Å². The summed E-state index contributed by atoms with van der Waals surface area (Å²) in [5.74, 6) is -2.01. The Morgan fingerprint density at radius 2 is 1.73 bits per heavy atom. The number of hydrogen-bond donors (Lipinski definition) is 1. The van der Waals surface area contributed by atoms with Crippen LogP contribution < -0.4 is 4.72 Å². The molecule has 0 aliphatic rings. The van der Waals surface area contributed by atoms with E-state index in [9.17, 15) is 17.2 Å². The molecule has 0 atom stereocenters. The van der Waals surface area contributed by atoms with E-state index in [0.29, 0.717) is 22.1 Å². The van der Waals surface area contributed by atoms with Crippen LogP contribution >= 0.6 is 15.9 Å². The molecule has 0 aliphatic heterocycles. The van der Waals surface area contributed by atoms with Crippen LogP contribution in [0.1, 0.15) is 25.3 Å². The summed E-state index contributed by atoms with van der Waals surface area (Å²) in [4.78, 5) is -0.341. The molecule has 0 aromatic heterocycles. The topological polar surface area (TPSA) is 46.2 Å². The summed E-state index contributed by atoms with van der Waals surface area (Å²) in [5, 5.41) is 0. The van der Waals surface area contributed by atoms with Gasteiger partial charge < -0.3 is 0 Å². The van der Waals surface area contributed by atoms with Gasteiger partial charge in [0.1, 0.15) is 0 Å². The molecule has 1 N–H and O–H groups in total. The van der Waals surface area contributed by atoms with Gasteiger partial charge in [-0.2, -0.15) is 0 Å². The minimum atomic E-state index is -3.99. The maximum absolute atomic E-state index is 13.2. The molecule has 0 aliphatic carbocycles. The average Bonchev–Trinajstić information content (AvgIpc) is 2.43. The standard InChI is InChI=1S/C15H14BrF2NO2S/c1-9(2)10-3-6-15(12(16)7-10)19-22(20,21)11-4-5-13(17)14(18)8-11/h3-9,19H,1-2H3. The predicted molar refractivity (Wildman–Crippen MR) is 85.4 cm³/mol. The summed E-state index contributed by atoms with van der Waals surface area (Å²) in [6.07, 6.45) is 0. The van der Waals surface area contributed by atoms with Crippen LogP contribution in [0.2, 0.25) is 0 Å². The first kappa shape index (κ1) is 16.9. The molecule has 0 fully saturated rings. The lowest BCUT2D eigenvalue weighted by atomic mass is 10.0. The highest BCUT2D eigenvalue weighted by Crippen LogP contribution is 2.29. The van der Waals surface area contributed by atoms with Crippen LogP contribution in [0.25, 0.3) is 0 Å². The van der Waals surface area contributed by atoms with E-state index in [-0.39, 0.29) is 4.90 Å². The largest absolute Gasteiger partial charge is 0.278 e. The van der Waals surface area contributed by atoms with Gasteiger partial charge in [-0.3, -0.25) is 4.72 Å². The normalized spacial score (nSPS) is 11.7. The highest BCUT2D eigenvalue weighted by atomic mass is 79.9. The summed E-state index contributed by atoms with van der Waals surface area (Å²) in [7, 11) is -3.99. The van der Waals surface area contributed by atoms with Crippen LogP contribution in [-0.2, 0) is 10.0 Å². The van der Waals surface area contributed by atoms with Gasteiger partial charge in [-0.1, -0.05) is 19.9 Å². The van der Waals surface area contributed by atoms with Gasteiger partial charge >= 0.3 is 0 Å². The molecule has 7 heteroatoms. The summed E-state index contributed by atoms with van der Waals surface area (Å²) in [6.45, 7) is 4.04. The van der Waals surface area contributed by atoms with E-state index in [2.05, 4.69) is 20.7 Å². The Morgan fingerprint density at radius 1 is 1.05 bits per heavy atom. The van der Waals surface area contributed by atoms with Crippen LogP contribution in [-0.4, -0.2) is 8.42 Å². The minimum absolute atomic E-state index is 0.299. The molecule has 0 spiro atoms. The Balaban J connectivity index is 2.34. The molecule has 0 radical (unpaired) electrons. The molecule has 0 bridgehead atoms. The average molecular weight is 390 g/mol. The number of halogens is 3. The Kier molecular flexibility index (Phi) is 4.87. The molecular weight excluding hydrogens is 376 g/mol. The Labute approximate surface area is 136 Å². The van der Waals surface area contributed by atoms with Gasteiger partial charge in [0, 0.05) is 4.47 Å². The minimum Gasteiger partial charge on any atom is -0.278 e. The summed E-state index contributed by atoms with van der Waals surface area (Å²) in [5.41, 5.74) is 1.37. The molecule has 118 valence electrons. The van der Waals surface area contributed by atoms with Gasteiger partial charge in [0.05, 0.1) is 10.6 Å². The first-order valence-corrected chi connectivity index (χ1v) is 8.75. The van der Waals surface area contributed by atoms with Crippen LogP contribution in [0, 0.1) is 11.6 Å².